The molecule has 1 aliphatic heterocycles. The van der Waals surface area contributed by atoms with Gasteiger partial charge in [-0.3, -0.25) is 4.79 Å². The van der Waals surface area contributed by atoms with Crippen LogP contribution in [0.2, 0.25) is 0 Å². The molecule has 0 radical (unpaired) electrons. The number of anilines is 3. The van der Waals surface area contributed by atoms with E-state index in [0.717, 1.165) is 35.6 Å². The number of rotatable bonds is 4. The molecule has 1 aromatic heterocycles. The van der Waals surface area contributed by atoms with Crippen molar-refractivity contribution in [3.63, 3.8) is 0 Å². The Labute approximate surface area is 165 Å². The first-order chi connectivity index (χ1) is 13.5. The standard InChI is InChI=1S/C23H24N4O/c1-15(2)18-9-5-6-10-19(18)25-22(28)20-14-16(3)24-23(26-20)27-13-12-17-8-4-7-11-21(17)27/h4-11,14-15H,12-13H2,1-3H3,(H,25,28). The van der Waals surface area contributed by atoms with Gasteiger partial charge in [0.15, 0.2) is 0 Å². The highest BCUT2D eigenvalue weighted by Gasteiger charge is 2.23. The molecule has 0 fully saturated rings. The summed E-state index contributed by atoms with van der Waals surface area (Å²) in [6.45, 7) is 6.94. The normalized spacial score (nSPS) is 12.9. The molecule has 28 heavy (non-hydrogen) atoms. The maximum absolute atomic E-state index is 12.9. The summed E-state index contributed by atoms with van der Waals surface area (Å²) in [4.78, 5) is 24.2. The van der Waals surface area contributed by atoms with Crippen molar-refractivity contribution in [3.05, 3.63) is 77.1 Å². The lowest BCUT2D eigenvalue weighted by Crippen LogP contribution is -2.21. The lowest BCUT2D eigenvalue weighted by molar-refractivity contribution is 0.102. The minimum absolute atomic E-state index is 0.215. The third kappa shape index (κ3) is 3.48. The van der Waals surface area contributed by atoms with E-state index in [1.807, 2.05) is 43.3 Å². The molecule has 0 spiro atoms. The van der Waals surface area contributed by atoms with Gasteiger partial charge in [0.25, 0.3) is 5.91 Å². The van der Waals surface area contributed by atoms with Gasteiger partial charge >= 0.3 is 0 Å². The van der Waals surface area contributed by atoms with Gasteiger partial charge in [0.2, 0.25) is 5.95 Å². The molecule has 0 bridgehead atoms. The van der Waals surface area contributed by atoms with Crippen molar-refractivity contribution in [2.45, 2.75) is 33.1 Å². The first kappa shape index (κ1) is 18.2. The third-order valence-electron chi connectivity index (χ3n) is 5.03. The number of amides is 1. The maximum atomic E-state index is 12.9. The zero-order valence-electron chi connectivity index (χ0n) is 16.4. The van der Waals surface area contributed by atoms with E-state index in [1.165, 1.54) is 5.56 Å². The molecule has 142 valence electrons. The van der Waals surface area contributed by atoms with Crippen LogP contribution in [0.4, 0.5) is 17.3 Å². The zero-order valence-corrected chi connectivity index (χ0v) is 16.4. The molecular weight excluding hydrogens is 348 g/mol. The van der Waals surface area contributed by atoms with Crippen molar-refractivity contribution >= 4 is 23.2 Å². The number of aromatic nitrogens is 2. The number of para-hydroxylation sites is 2. The average molecular weight is 372 g/mol. The number of aryl methyl sites for hydroxylation is 1. The fourth-order valence-electron chi connectivity index (χ4n) is 3.64. The molecule has 0 unspecified atom stereocenters. The predicted octanol–water partition coefficient (Wildman–Crippen LogP) is 4.85. The van der Waals surface area contributed by atoms with E-state index in [0.29, 0.717) is 17.6 Å². The predicted molar refractivity (Wildman–Crippen MR) is 112 cm³/mol. The molecule has 1 amide bonds. The minimum Gasteiger partial charge on any atom is -0.320 e. The number of nitrogens with zero attached hydrogens (tertiary/aromatic N) is 3. The zero-order chi connectivity index (χ0) is 19.7. The second kappa shape index (κ2) is 7.43. The van der Waals surface area contributed by atoms with E-state index < -0.39 is 0 Å². The van der Waals surface area contributed by atoms with E-state index in [1.54, 1.807) is 6.07 Å². The fraction of sp³-hybridized carbons (Fsp3) is 0.261. The lowest BCUT2D eigenvalue weighted by Gasteiger charge is -2.18. The number of nitrogens with one attached hydrogen (secondary N) is 1. The monoisotopic (exact) mass is 372 g/mol. The Morgan fingerprint density at radius 1 is 1.07 bits per heavy atom. The van der Waals surface area contributed by atoms with Crippen molar-refractivity contribution in [1.82, 2.24) is 9.97 Å². The summed E-state index contributed by atoms with van der Waals surface area (Å²) in [5.41, 5.74) is 5.48. The number of benzene rings is 2. The Hall–Kier alpha value is -3.21. The average Bonchev–Trinajstić information content (AvgIpc) is 3.12. The summed E-state index contributed by atoms with van der Waals surface area (Å²) in [6.07, 6.45) is 0.955. The second-order valence-electron chi connectivity index (χ2n) is 7.42. The smallest absolute Gasteiger partial charge is 0.274 e. The van der Waals surface area contributed by atoms with Crippen molar-refractivity contribution in [2.24, 2.45) is 0 Å². The van der Waals surface area contributed by atoms with Crippen LogP contribution in [-0.4, -0.2) is 22.4 Å². The van der Waals surface area contributed by atoms with Crippen molar-refractivity contribution < 1.29 is 4.79 Å². The number of hydrogen-bond acceptors (Lipinski definition) is 4. The molecule has 2 aromatic carbocycles. The minimum atomic E-state index is -0.215. The van der Waals surface area contributed by atoms with Crippen LogP contribution in [-0.2, 0) is 6.42 Å². The highest BCUT2D eigenvalue weighted by molar-refractivity contribution is 6.03. The van der Waals surface area contributed by atoms with E-state index in [2.05, 4.69) is 46.2 Å². The first-order valence-electron chi connectivity index (χ1n) is 9.64. The van der Waals surface area contributed by atoms with Crippen LogP contribution in [0.5, 0.6) is 0 Å². The van der Waals surface area contributed by atoms with E-state index in [4.69, 9.17) is 0 Å². The number of carbonyl (C=O) groups excluding carboxylic acids is 1. The van der Waals surface area contributed by atoms with Crippen LogP contribution in [0.25, 0.3) is 0 Å². The van der Waals surface area contributed by atoms with Crippen molar-refractivity contribution in [2.75, 3.05) is 16.8 Å². The van der Waals surface area contributed by atoms with Gasteiger partial charge in [0.1, 0.15) is 5.69 Å². The summed E-state index contributed by atoms with van der Waals surface area (Å²) < 4.78 is 0. The molecule has 5 nitrogen and oxygen atoms in total. The van der Waals surface area contributed by atoms with Crippen LogP contribution in [0.1, 0.15) is 47.1 Å². The highest BCUT2D eigenvalue weighted by Crippen LogP contribution is 2.32. The number of hydrogen-bond donors (Lipinski definition) is 1. The van der Waals surface area contributed by atoms with Gasteiger partial charge in [-0.15, -0.1) is 0 Å². The molecule has 5 heteroatoms. The molecule has 0 aliphatic carbocycles. The Kier molecular flexibility index (Phi) is 4.82. The van der Waals surface area contributed by atoms with Crippen LogP contribution in [0, 0.1) is 6.92 Å². The van der Waals surface area contributed by atoms with E-state index >= 15 is 0 Å². The van der Waals surface area contributed by atoms with Crippen LogP contribution in [0.3, 0.4) is 0 Å². The molecular formula is C23H24N4O. The highest BCUT2D eigenvalue weighted by atomic mass is 16.1. The Morgan fingerprint density at radius 3 is 2.64 bits per heavy atom. The first-order valence-corrected chi connectivity index (χ1v) is 9.64. The molecule has 2 heterocycles. The fourth-order valence-corrected chi connectivity index (χ4v) is 3.64. The Bertz CT molecular complexity index is 1030. The molecule has 1 N–H and O–H groups in total. The van der Waals surface area contributed by atoms with Crippen LogP contribution < -0.4 is 10.2 Å². The summed E-state index contributed by atoms with van der Waals surface area (Å²) in [6, 6.07) is 17.9. The van der Waals surface area contributed by atoms with Gasteiger partial charge in [-0.2, -0.15) is 0 Å². The summed E-state index contributed by atoms with van der Waals surface area (Å²) in [7, 11) is 0. The molecule has 3 aromatic rings. The Balaban J connectivity index is 1.64. The van der Waals surface area contributed by atoms with Gasteiger partial charge in [0.05, 0.1) is 0 Å². The topological polar surface area (TPSA) is 58.1 Å². The number of carbonyl (C=O) groups is 1. The molecule has 0 saturated carbocycles. The molecule has 0 atom stereocenters. The third-order valence-corrected chi connectivity index (χ3v) is 5.03. The van der Waals surface area contributed by atoms with Gasteiger partial charge in [-0.05, 0) is 48.6 Å². The summed E-state index contributed by atoms with van der Waals surface area (Å²) in [5.74, 6) is 0.680. The molecule has 1 aliphatic rings. The van der Waals surface area contributed by atoms with Gasteiger partial charge in [-0.1, -0.05) is 50.2 Å². The molecule has 4 rings (SSSR count). The van der Waals surface area contributed by atoms with Crippen LogP contribution in [0.15, 0.2) is 54.6 Å². The van der Waals surface area contributed by atoms with E-state index in [-0.39, 0.29) is 5.91 Å². The summed E-state index contributed by atoms with van der Waals surface area (Å²) in [5, 5.41) is 3.02. The van der Waals surface area contributed by atoms with Gasteiger partial charge in [0, 0.05) is 23.6 Å². The van der Waals surface area contributed by atoms with Crippen LogP contribution >= 0.6 is 0 Å². The second-order valence-corrected chi connectivity index (χ2v) is 7.42. The summed E-state index contributed by atoms with van der Waals surface area (Å²) >= 11 is 0. The van der Waals surface area contributed by atoms with Crippen molar-refractivity contribution in [3.8, 4) is 0 Å². The van der Waals surface area contributed by atoms with Gasteiger partial charge in [-0.25, -0.2) is 9.97 Å². The maximum Gasteiger partial charge on any atom is 0.274 e. The van der Waals surface area contributed by atoms with Gasteiger partial charge < -0.3 is 10.2 Å². The molecule has 0 saturated heterocycles. The Morgan fingerprint density at radius 2 is 1.82 bits per heavy atom. The lowest BCUT2D eigenvalue weighted by atomic mass is 10.0. The van der Waals surface area contributed by atoms with E-state index in [9.17, 15) is 4.79 Å². The quantitative estimate of drug-likeness (QED) is 0.711. The largest absolute Gasteiger partial charge is 0.320 e. The SMILES string of the molecule is Cc1cc(C(=O)Nc2ccccc2C(C)C)nc(N2CCc3ccccc32)n1. The number of fused-ring (bicyclic) bond motifs is 1. The van der Waals surface area contributed by atoms with Crippen molar-refractivity contribution in [1.29, 1.82) is 0 Å².